The highest BCUT2D eigenvalue weighted by atomic mass is 16.5. The molecule has 1 saturated heterocycles. The van der Waals surface area contributed by atoms with Crippen molar-refractivity contribution in [3.63, 3.8) is 0 Å². The average Bonchev–Trinajstić information content (AvgIpc) is 2.69. The van der Waals surface area contributed by atoms with Crippen molar-refractivity contribution in [3.05, 3.63) is 0 Å². The standard InChI is InChI=1S/C10H20N2O2/c1-7(9-4-5-11-6-9)12-10(13)8(2)14-3/h7-9,11H,4-6H2,1-3H3,(H,12,13). The van der Waals surface area contributed by atoms with Crippen LogP contribution in [0.25, 0.3) is 0 Å². The van der Waals surface area contributed by atoms with Crippen LogP contribution >= 0.6 is 0 Å². The molecule has 0 aliphatic carbocycles. The Morgan fingerprint density at radius 1 is 1.57 bits per heavy atom. The molecule has 4 heteroatoms. The number of hydrogen-bond donors (Lipinski definition) is 2. The Hall–Kier alpha value is -0.610. The number of nitrogens with one attached hydrogen (secondary N) is 2. The summed E-state index contributed by atoms with van der Waals surface area (Å²) in [5, 5.41) is 6.26. The number of amides is 1. The van der Waals surface area contributed by atoms with Gasteiger partial charge in [-0.1, -0.05) is 0 Å². The zero-order chi connectivity index (χ0) is 10.6. The first-order valence-electron chi connectivity index (χ1n) is 5.19. The smallest absolute Gasteiger partial charge is 0.249 e. The molecule has 14 heavy (non-hydrogen) atoms. The first-order chi connectivity index (χ1) is 6.65. The van der Waals surface area contributed by atoms with E-state index >= 15 is 0 Å². The number of ether oxygens (including phenoxy) is 1. The Labute approximate surface area is 85.4 Å². The van der Waals surface area contributed by atoms with E-state index in [1.54, 1.807) is 14.0 Å². The molecule has 3 unspecified atom stereocenters. The zero-order valence-corrected chi connectivity index (χ0v) is 9.17. The number of methoxy groups -OCH3 is 1. The van der Waals surface area contributed by atoms with Crippen LogP contribution in [0, 0.1) is 5.92 Å². The van der Waals surface area contributed by atoms with E-state index in [1.807, 2.05) is 0 Å². The van der Waals surface area contributed by atoms with Gasteiger partial charge in [-0.15, -0.1) is 0 Å². The SMILES string of the molecule is COC(C)C(=O)NC(C)C1CCNC1. The summed E-state index contributed by atoms with van der Waals surface area (Å²) in [7, 11) is 1.55. The Balaban J connectivity index is 2.31. The maximum Gasteiger partial charge on any atom is 0.249 e. The van der Waals surface area contributed by atoms with Gasteiger partial charge in [0.2, 0.25) is 5.91 Å². The summed E-state index contributed by atoms with van der Waals surface area (Å²) in [5.41, 5.74) is 0. The van der Waals surface area contributed by atoms with Crippen molar-refractivity contribution in [3.8, 4) is 0 Å². The van der Waals surface area contributed by atoms with Crippen LogP contribution in [0.5, 0.6) is 0 Å². The van der Waals surface area contributed by atoms with Crippen molar-refractivity contribution in [2.24, 2.45) is 5.92 Å². The van der Waals surface area contributed by atoms with Gasteiger partial charge in [0, 0.05) is 13.2 Å². The molecule has 0 saturated carbocycles. The fraction of sp³-hybridized carbons (Fsp3) is 0.900. The molecule has 0 spiro atoms. The minimum atomic E-state index is -0.355. The third kappa shape index (κ3) is 2.96. The van der Waals surface area contributed by atoms with Gasteiger partial charge in [0.05, 0.1) is 0 Å². The first-order valence-corrected chi connectivity index (χ1v) is 5.19. The molecule has 1 rings (SSSR count). The van der Waals surface area contributed by atoms with Crippen LogP contribution in [0.2, 0.25) is 0 Å². The predicted octanol–water partition coefficient (Wildman–Crippen LogP) is 0.136. The van der Waals surface area contributed by atoms with E-state index in [2.05, 4.69) is 17.6 Å². The summed E-state index contributed by atoms with van der Waals surface area (Å²) in [5.74, 6) is 0.537. The van der Waals surface area contributed by atoms with Crippen molar-refractivity contribution in [2.75, 3.05) is 20.2 Å². The molecular formula is C10H20N2O2. The molecule has 1 aliphatic rings. The molecule has 0 bridgehead atoms. The topological polar surface area (TPSA) is 50.4 Å². The Kier molecular flexibility index (Phi) is 4.35. The van der Waals surface area contributed by atoms with E-state index < -0.39 is 0 Å². The summed E-state index contributed by atoms with van der Waals surface area (Å²) in [6.07, 6.45) is 0.787. The monoisotopic (exact) mass is 200 g/mol. The van der Waals surface area contributed by atoms with E-state index in [0.717, 1.165) is 19.5 Å². The van der Waals surface area contributed by atoms with Crippen molar-refractivity contribution >= 4 is 5.91 Å². The van der Waals surface area contributed by atoms with E-state index in [-0.39, 0.29) is 18.1 Å². The van der Waals surface area contributed by atoms with Gasteiger partial charge in [0.25, 0.3) is 0 Å². The minimum absolute atomic E-state index is 0.0214. The lowest BCUT2D eigenvalue weighted by molar-refractivity contribution is -0.131. The average molecular weight is 200 g/mol. The molecule has 0 radical (unpaired) electrons. The van der Waals surface area contributed by atoms with Crippen LogP contribution in [0.3, 0.4) is 0 Å². The largest absolute Gasteiger partial charge is 0.372 e. The minimum Gasteiger partial charge on any atom is -0.372 e. The van der Waals surface area contributed by atoms with Gasteiger partial charge in [-0.3, -0.25) is 4.79 Å². The van der Waals surface area contributed by atoms with E-state index in [0.29, 0.717) is 5.92 Å². The van der Waals surface area contributed by atoms with Crippen LogP contribution in [-0.4, -0.2) is 38.3 Å². The molecule has 4 nitrogen and oxygen atoms in total. The van der Waals surface area contributed by atoms with Gasteiger partial charge in [-0.2, -0.15) is 0 Å². The highest BCUT2D eigenvalue weighted by Gasteiger charge is 2.23. The van der Waals surface area contributed by atoms with Crippen molar-refractivity contribution < 1.29 is 9.53 Å². The fourth-order valence-corrected chi connectivity index (χ4v) is 1.67. The lowest BCUT2D eigenvalue weighted by Gasteiger charge is -2.21. The molecule has 2 N–H and O–H groups in total. The molecule has 1 fully saturated rings. The Bertz CT molecular complexity index is 191. The molecule has 0 aromatic carbocycles. The lowest BCUT2D eigenvalue weighted by atomic mass is 10.0. The van der Waals surface area contributed by atoms with Crippen LogP contribution in [-0.2, 0) is 9.53 Å². The molecular weight excluding hydrogens is 180 g/mol. The molecule has 3 atom stereocenters. The summed E-state index contributed by atoms with van der Waals surface area (Å²) in [6.45, 7) is 5.88. The maximum absolute atomic E-state index is 11.5. The molecule has 0 aromatic rings. The van der Waals surface area contributed by atoms with Gasteiger partial charge in [-0.25, -0.2) is 0 Å². The number of carbonyl (C=O) groups is 1. The third-order valence-corrected chi connectivity index (χ3v) is 2.90. The predicted molar refractivity (Wildman–Crippen MR) is 55.1 cm³/mol. The quantitative estimate of drug-likeness (QED) is 0.678. The maximum atomic E-state index is 11.5. The van der Waals surface area contributed by atoms with Crippen LogP contribution in [0.15, 0.2) is 0 Å². The summed E-state index contributed by atoms with van der Waals surface area (Å²) in [6, 6.07) is 0.232. The van der Waals surface area contributed by atoms with Gasteiger partial charge in [0.15, 0.2) is 0 Å². The van der Waals surface area contributed by atoms with Crippen molar-refractivity contribution in [2.45, 2.75) is 32.4 Å². The molecule has 82 valence electrons. The normalized spacial score (nSPS) is 25.8. The van der Waals surface area contributed by atoms with Crippen LogP contribution < -0.4 is 10.6 Å². The van der Waals surface area contributed by atoms with E-state index in [9.17, 15) is 4.79 Å². The van der Waals surface area contributed by atoms with Gasteiger partial charge in [0.1, 0.15) is 6.10 Å². The van der Waals surface area contributed by atoms with Crippen molar-refractivity contribution in [1.82, 2.24) is 10.6 Å². The van der Waals surface area contributed by atoms with Gasteiger partial charge in [-0.05, 0) is 39.3 Å². The van der Waals surface area contributed by atoms with Crippen LogP contribution in [0.4, 0.5) is 0 Å². The summed E-state index contributed by atoms with van der Waals surface area (Å²) in [4.78, 5) is 11.5. The summed E-state index contributed by atoms with van der Waals surface area (Å²) < 4.78 is 4.95. The highest BCUT2D eigenvalue weighted by Crippen LogP contribution is 2.12. The first kappa shape index (κ1) is 11.5. The second-order valence-corrected chi connectivity index (χ2v) is 3.93. The number of carbonyl (C=O) groups excluding carboxylic acids is 1. The summed E-state index contributed by atoms with van der Waals surface area (Å²) >= 11 is 0. The number of hydrogen-bond acceptors (Lipinski definition) is 3. The fourth-order valence-electron chi connectivity index (χ4n) is 1.67. The molecule has 1 aliphatic heterocycles. The van der Waals surface area contributed by atoms with Crippen molar-refractivity contribution in [1.29, 1.82) is 0 Å². The highest BCUT2D eigenvalue weighted by molar-refractivity contribution is 5.80. The van der Waals surface area contributed by atoms with E-state index in [4.69, 9.17) is 4.74 Å². The van der Waals surface area contributed by atoms with Crippen LogP contribution in [0.1, 0.15) is 20.3 Å². The second-order valence-electron chi connectivity index (χ2n) is 3.93. The third-order valence-electron chi connectivity index (χ3n) is 2.90. The molecule has 1 amide bonds. The molecule has 1 heterocycles. The van der Waals surface area contributed by atoms with Gasteiger partial charge >= 0.3 is 0 Å². The zero-order valence-electron chi connectivity index (χ0n) is 9.17. The molecule has 0 aromatic heterocycles. The second kappa shape index (κ2) is 5.32. The lowest BCUT2D eigenvalue weighted by Crippen LogP contribution is -2.43. The van der Waals surface area contributed by atoms with E-state index in [1.165, 1.54) is 0 Å². The van der Waals surface area contributed by atoms with Gasteiger partial charge < -0.3 is 15.4 Å². The Morgan fingerprint density at radius 3 is 2.79 bits per heavy atom. The number of rotatable bonds is 4. The Morgan fingerprint density at radius 2 is 2.29 bits per heavy atom.